The lowest BCUT2D eigenvalue weighted by molar-refractivity contribution is 0.625. The van der Waals surface area contributed by atoms with Crippen LogP contribution in [0.1, 0.15) is 49.3 Å². The van der Waals surface area contributed by atoms with Crippen molar-refractivity contribution in [1.29, 1.82) is 0 Å². The fourth-order valence-corrected chi connectivity index (χ4v) is 2.35. The minimum Gasteiger partial charge on any atom is -0.324 e. The molecule has 0 aliphatic heterocycles. The van der Waals surface area contributed by atoms with E-state index in [1.54, 1.807) is 0 Å². The summed E-state index contributed by atoms with van der Waals surface area (Å²) in [5.41, 5.74) is 10.2. The van der Waals surface area contributed by atoms with Gasteiger partial charge in [0.25, 0.3) is 0 Å². The second-order valence-corrected chi connectivity index (χ2v) is 4.65. The van der Waals surface area contributed by atoms with E-state index in [0.717, 1.165) is 6.42 Å². The second-order valence-electron chi connectivity index (χ2n) is 4.65. The Bertz CT molecular complexity index is 382. The van der Waals surface area contributed by atoms with Gasteiger partial charge in [0.05, 0.1) is 0 Å². The van der Waals surface area contributed by atoms with Gasteiger partial charge >= 0.3 is 0 Å². The molecule has 0 spiro atoms. The van der Waals surface area contributed by atoms with E-state index in [1.165, 1.54) is 42.4 Å². The highest BCUT2D eigenvalue weighted by Gasteiger charge is 2.12. The number of hydrogen-bond acceptors (Lipinski definition) is 2. The lowest BCUT2D eigenvalue weighted by Gasteiger charge is -2.18. The van der Waals surface area contributed by atoms with Gasteiger partial charge in [0.15, 0.2) is 0 Å². The Labute approximate surface area is 97.6 Å². The fraction of sp³-hybridized carbons (Fsp3) is 0.500. The van der Waals surface area contributed by atoms with E-state index in [4.69, 9.17) is 5.73 Å². The molecule has 0 radical (unpaired) electrons. The molecule has 0 fully saturated rings. The monoisotopic (exact) mass is 216 g/mol. The van der Waals surface area contributed by atoms with Crippen LogP contribution in [0.15, 0.2) is 30.1 Å². The molecule has 0 saturated heterocycles. The molecule has 1 aliphatic carbocycles. The highest BCUT2D eigenvalue weighted by Crippen LogP contribution is 2.27. The van der Waals surface area contributed by atoms with Crippen molar-refractivity contribution in [2.75, 3.05) is 0 Å². The van der Waals surface area contributed by atoms with Gasteiger partial charge in [0.2, 0.25) is 0 Å². The summed E-state index contributed by atoms with van der Waals surface area (Å²) in [6, 6.07) is 2.14. The Hall–Kier alpha value is -1.15. The Morgan fingerprint density at radius 1 is 1.44 bits per heavy atom. The van der Waals surface area contributed by atoms with Gasteiger partial charge in [-0.1, -0.05) is 11.6 Å². The second kappa shape index (κ2) is 5.26. The van der Waals surface area contributed by atoms with Crippen molar-refractivity contribution < 1.29 is 0 Å². The summed E-state index contributed by atoms with van der Waals surface area (Å²) in [7, 11) is 0. The molecule has 2 N–H and O–H groups in total. The molecule has 1 aromatic rings. The molecule has 1 unspecified atom stereocenters. The molecular formula is C14H20N2. The number of hydrogen-bond donors (Lipinski definition) is 1. The van der Waals surface area contributed by atoms with Gasteiger partial charge in [-0.05, 0) is 56.2 Å². The molecule has 1 aromatic heterocycles. The number of nitrogens with two attached hydrogens (primary N) is 1. The van der Waals surface area contributed by atoms with Gasteiger partial charge in [-0.15, -0.1) is 0 Å². The normalized spacial score (nSPS) is 18.0. The van der Waals surface area contributed by atoms with Crippen molar-refractivity contribution in [1.82, 2.24) is 4.98 Å². The first-order chi connectivity index (χ1) is 7.77. The van der Waals surface area contributed by atoms with E-state index in [0.29, 0.717) is 0 Å². The van der Waals surface area contributed by atoms with Crippen molar-refractivity contribution >= 4 is 0 Å². The molecule has 2 rings (SSSR count). The number of aryl methyl sites for hydroxylation is 1. The predicted octanol–water partition coefficient (Wildman–Crippen LogP) is 3.28. The van der Waals surface area contributed by atoms with E-state index < -0.39 is 0 Å². The number of pyridine rings is 1. The van der Waals surface area contributed by atoms with Crippen LogP contribution in [0.5, 0.6) is 0 Å². The summed E-state index contributed by atoms with van der Waals surface area (Å²) < 4.78 is 0. The van der Waals surface area contributed by atoms with Gasteiger partial charge in [0.1, 0.15) is 0 Å². The van der Waals surface area contributed by atoms with Crippen molar-refractivity contribution in [2.24, 2.45) is 5.73 Å². The van der Waals surface area contributed by atoms with Gasteiger partial charge in [-0.2, -0.15) is 0 Å². The van der Waals surface area contributed by atoms with E-state index >= 15 is 0 Å². The Balaban J connectivity index is 2.05. The Morgan fingerprint density at radius 2 is 2.31 bits per heavy atom. The number of aromatic nitrogens is 1. The van der Waals surface area contributed by atoms with Crippen molar-refractivity contribution in [3.05, 3.63) is 41.2 Å². The van der Waals surface area contributed by atoms with Gasteiger partial charge in [0, 0.05) is 18.4 Å². The zero-order valence-corrected chi connectivity index (χ0v) is 9.95. The molecular weight excluding hydrogens is 196 g/mol. The van der Waals surface area contributed by atoms with Crippen molar-refractivity contribution in [3.8, 4) is 0 Å². The highest BCUT2D eigenvalue weighted by atomic mass is 14.7. The van der Waals surface area contributed by atoms with Crippen molar-refractivity contribution in [2.45, 2.75) is 45.1 Å². The van der Waals surface area contributed by atoms with Crippen LogP contribution in [0.25, 0.3) is 0 Å². The first-order valence-corrected chi connectivity index (χ1v) is 6.11. The molecule has 2 nitrogen and oxygen atoms in total. The zero-order valence-electron chi connectivity index (χ0n) is 9.95. The van der Waals surface area contributed by atoms with Crippen molar-refractivity contribution in [3.63, 3.8) is 0 Å². The third-order valence-electron chi connectivity index (χ3n) is 3.35. The molecule has 1 heterocycles. The average Bonchev–Trinajstić information content (AvgIpc) is 2.31. The summed E-state index contributed by atoms with van der Waals surface area (Å²) in [5, 5.41) is 0. The number of allylic oxidation sites excluding steroid dienone is 1. The third kappa shape index (κ3) is 2.70. The predicted molar refractivity (Wildman–Crippen MR) is 67.1 cm³/mol. The van der Waals surface area contributed by atoms with E-state index in [9.17, 15) is 0 Å². The van der Waals surface area contributed by atoms with Crippen LogP contribution < -0.4 is 5.73 Å². The van der Waals surface area contributed by atoms with Gasteiger partial charge < -0.3 is 5.73 Å². The SMILES string of the molecule is Cc1ccncc1C(N)CC1=CCCCC1. The maximum absolute atomic E-state index is 6.25. The Morgan fingerprint density at radius 3 is 3.00 bits per heavy atom. The Kier molecular flexibility index (Phi) is 3.73. The van der Waals surface area contributed by atoms with Gasteiger partial charge in [-0.3, -0.25) is 4.98 Å². The lowest BCUT2D eigenvalue weighted by Crippen LogP contribution is -2.13. The molecule has 16 heavy (non-hydrogen) atoms. The molecule has 86 valence electrons. The molecule has 0 aromatic carbocycles. The minimum atomic E-state index is 0.109. The van der Waals surface area contributed by atoms with Crippen LogP contribution in [0.2, 0.25) is 0 Å². The summed E-state index contributed by atoms with van der Waals surface area (Å²) in [6.07, 6.45) is 12.2. The highest BCUT2D eigenvalue weighted by molar-refractivity contribution is 5.26. The maximum atomic E-state index is 6.25. The van der Waals surface area contributed by atoms with Gasteiger partial charge in [-0.25, -0.2) is 0 Å². The van der Waals surface area contributed by atoms with E-state index in [-0.39, 0.29) is 6.04 Å². The fourth-order valence-electron chi connectivity index (χ4n) is 2.35. The van der Waals surface area contributed by atoms with Crippen LogP contribution in [0.3, 0.4) is 0 Å². The quantitative estimate of drug-likeness (QED) is 0.787. The summed E-state index contributed by atoms with van der Waals surface area (Å²) >= 11 is 0. The van der Waals surface area contributed by atoms with E-state index in [2.05, 4.69) is 18.0 Å². The van der Waals surface area contributed by atoms with E-state index in [1.807, 2.05) is 18.5 Å². The zero-order chi connectivity index (χ0) is 11.4. The number of nitrogens with zero attached hydrogens (tertiary/aromatic N) is 1. The molecule has 0 saturated carbocycles. The van der Waals surface area contributed by atoms with Crippen LogP contribution in [-0.4, -0.2) is 4.98 Å². The standard InChI is InChI=1S/C14H20N2/c1-11-7-8-16-10-13(11)14(15)9-12-5-3-2-4-6-12/h5,7-8,10,14H,2-4,6,9,15H2,1H3. The van der Waals surface area contributed by atoms with Crippen LogP contribution in [0.4, 0.5) is 0 Å². The molecule has 0 bridgehead atoms. The molecule has 0 amide bonds. The first-order valence-electron chi connectivity index (χ1n) is 6.11. The lowest BCUT2D eigenvalue weighted by atomic mass is 9.91. The third-order valence-corrected chi connectivity index (χ3v) is 3.35. The van der Waals surface area contributed by atoms with Crippen LogP contribution in [-0.2, 0) is 0 Å². The van der Waals surface area contributed by atoms with Crippen LogP contribution >= 0.6 is 0 Å². The first kappa shape index (κ1) is 11.3. The molecule has 1 aliphatic rings. The largest absolute Gasteiger partial charge is 0.324 e. The summed E-state index contributed by atoms with van der Waals surface area (Å²) in [4.78, 5) is 4.16. The molecule has 2 heteroatoms. The number of rotatable bonds is 3. The maximum Gasteiger partial charge on any atom is 0.0350 e. The molecule has 1 atom stereocenters. The van der Waals surface area contributed by atoms with Crippen LogP contribution in [0, 0.1) is 6.92 Å². The summed E-state index contributed by atoms with van der Waals surface area (Å²) in [5.74, 6) is 0. The minimum absolute atomic E-state index is 0.109. The smallest absolute Gasteiger partial charge is 0.0350 e. The topological polar surface area (TPSA) is 38.9 Å². The average molecular weight is 216 g/mol. The summed E-state index contributed by atoms with van der Waals surface area (Å²) in [6.45, 7) is 2.10.